The Hall–Kier alpha value is -1.61. The Labute approximate surface area is 108 Å². The molecule has 0 aliphatic heterocycles. The van der Waals surface area contributed by atoms with Gasteiger partial charge >= 0.3 is 0 Å². The van der Waals surface area contributed by atoms with Crippen molar-refractivity contribution in [3.05, 3.63) is 35.9 Å². The van der Waals surface area contributed by atoms with E-state index in [-0.39, 0.29) is 5.41 Å². The molecule has 1 aromatic carbocycles. The number of ether oxygens (including phenoxy) is 1. The number of benzene rings is 1. The Balaban J connectivity index is 2.61. The molecule has 0 saturated carbocycles. The van der Waals surface area contributed by atoms with Crippen molar-refractivity contribution in [3.63, 3.8) is 0 Å². The second-order valence-corrected chi connectivity index (χ2v) is 5.16. The summed E-state index contributed by atoms with van der Waals surface area (Å²) < 4.78 is 5.43. The van der Waals surface area contributed by atoms with Crippen LogP contribution in [0.1, 0.15) is 25.8 Å². The quantitative estimate of drug-likeness (QED) is 0.899. The van der Waals surface area contributed by atoms with E-state index in [4.69, 9.17) is 10.5 Å². The molecular formula is C15H20N2O. The van der Waals surface area contributed by atoms with E-state index in [1.54, 1.807) is 7.11 Å². The smallest absolute Gasteiger partial charge is 0.217 e. The first-order valence-corrected chi connectivity index (χ1v) is 6.23. The number of para-hydroxylation sites is 1. The number of rotatable bonds is 4. The summed E-state index contributed by atoms with van der Waals surface area (Å²) in [6.45, 7) is 5.01. The number of methoxy groups -OCH3 is 1. The molecule has 0 saturated heterocycles. The first kappa shape index (κ1) is 12.8. The summed E-state index contributed by atoms with van der Waals surface area (Å²) in [7, 11) is 1.67. The molecule has 18 heavy (non-hydrogen) atoms. The number of nitrogens with zero attached hydrogens (tertiary/aromatic N) is 1. The third-order valence-electron chi connectivity index (χ3n) is 3.38. The van der Waals surface area contributed by atoms with Crippen LogP contribution in [0.5, 0.6) is 5.88 Å². The van der Waals surface area contributed by atoms with Gasteiger partial charge in [-0.1, -0.05) is 32.0 Å². The van der Waals surface area contributed by atoms with Gasteiger partial charge in [0, 0.05) is 10.9 Å². The molecule has 0 unspecified atom stereocenters. The minimum Gasteiger partial charge on any atom is -0.481 e. The lowest BCUT2D eigenvalue weighted by molar-refractivity contribution is 0.373. The van der Waals surface area contributed by atoms with Gasteiger partial charge in [-0.25, -0.2) is 4.98 Å². The Bertz CT molecular complexity index is 549. The van der Waals surface area contributed by atoms with Crippen molar-refractivity contribution >= 4 is 10.9 Å². The monoisotopic (exact) mass is 244 g/mol. The predicted octanol–water partition coefficient (Wildman–Crippen LogP) is 2.87. The second kappa shape index (κ2) is 4.94. The van der Waals surface area contributed by atoms with E-state index in [0.29, 0.717) is 12.4 Å². The SMILES string of the molecule is COc1nc2ccccc2cc1C(C)(C)CCN. The van der Waals surface area contributed by atoms with Gasteiger partial charge in [0.15, 0.2) is 0 Å². The molecule has 2 N–H and O–H groups in total. The third-order valence-corrected chi connectivity index (χ3v) is 3.38. The topological polar surface area (TPSA) is 48.1 Å². The standard InChI is InChI=1S/C15H20N2O/c1-15(2,8-9-16)12-10-11-6-4-5-7-13(11)17-14(12)18-3/h4-7,10H,8-9,16H2,1-3H3. The molecule has 0 aliphatic carbocycles. The maximum Gasteiger partial charge on any atom is 0.217 e. The number of hydrogen-bond donors (Lipinski definition) is 1. The van der Waals surface area contributed by atoms with Gasteiger partial charge in [-0.3, -0.25) is 0 Å². The van der Waals surface area contributed by atoms with E-state index < -0.39 is 0 Å². The van der Waals surface area contributed by atoms with Gasteiger partial charge < -0.3 is 10.5 Å². The number of nitrogens with two attached hydrogens (primary N) is 1. The Kier molecular flexibility index (Phi) is 3.53. The van der Waals surface area contributed by atoms with Crippen molar-refractivity contribution in [2.45, 2.75) is 25.7 Å². The van der Waals surface area contributed by atoms with Crippen molar-refractivity contribution in [1.29, 1.82) is 0 Å². The van der Waals surface area contributed by atoms with E-state index in [0.717, 1.165) is 22.9 Å². The zero-order valence-electron chi connectivity index (χ0n) is 11.2. The zero-order valence-corrected chi connectivity index (χ0v) is 11.2. The van der Waals surface area contributed by atoms with Gasteiger partial charge in [0.1, 0.15) is 0 Å². The number of aromatic nitrogens is 1. The second-order valence-electron chi connectivity index (χ2n) is 5.16. The average molecular weight is 244 g/mol. The van der Waals surface area contributed by atoms with Crippen LogP contribution in [0.3, 0.4) is 0 Å². The van der Waals surface area contributed by atoms with Crippen LogP contribution in [0.2, 0.25) is 0 Å². The molecule has 3 heteroatoms. The largest absolute Gasteiger partial charge is 0.481 e. The molecule has 0 aliphatic rings. The summed E-state index contributed by atoms with van der Waals surface area (Å²) in [6.07, 6.45) is 0.906. The van der Waals surface area contributed by atoms with Gasteiger partial charge in [-0.2, -0.15) is 0 Å². The maximum absolute atomic E-state index is 5.69. The molecule has 0 radical (unpaired) electrons. The summed E-state index contributed by atoms with van der Waals surface area (Å²) in [4.78, 5) is 4.58. The molecule has 0 bridgehead atoms. The summed E-state index contributed by atoms with van der Waals surface area (Å²) >= 11 is 0. The van der Waals surface area contributed by atoms with E-state index >= 15 is 0 Å². The minimum atomic E-state index is -0.0306. The first-order valence-electron chi connectivity index (χ1n) is 6.23. The van der Waals surface area contributed by atoms with Gasteiger partial charge in [-0.05, 0) is 30.5 Å². The molecule has 2 aromatic rings. The number of hydrogen-bond acceptors (Lipinski definition) is 3. The van der Waals surface area contributed by atoms with E-state index in [2.05, 4.69) is 31.0 Å². The number of pyridine rings is 1. The normalized spacial score (nSPS) is 11.8. The molecule has 1 aromatic heterocycles. The van der Waals surface area contributed by atoms with Crippen molar-refractivity contribution in [2.75, 3.05) is 13.7 Å². The van der Waals surface area contributed by atoms with Gasteiger partial charge in [0.25, 0.3) is 0 Å². The Morgan fingerprint density at radius 3 is 2.67 bits per heavy atom. The maximum atomic E-state index is 5.69. The molecule has 3 nitrogen and oxygen atoms in total. The summed E-state index contributed by atoms with van der Waals surface area (Å²) in [5, 5.41) is 1.14. The lowest BCUT2D eigenvalue weighted by atomic mass is 9.81. The molecule has 96 valence electrons. The van der Waals surface area contributed by atoms with Crippen LogP contribution in [0.25, 0.3) is 10.9 Å². The van der Waals surface area contributed by atoms with Crippen LogP contribution >= 0.6 is 0 Å². The van der Waals surface area contributed by atoms with Crippen LogP contribution in [0.15, 0.2) is 30.3 Å². The Morgan fingerprint density at radius 1 is 1.28 bits per heavy atom. The van der Waals surface area contributed by atoms with E-state index in [1.165, 1.54) is 0 Å². The van der Waals surface area contributed by atoms with Crippen LogP contribution in [-0.4, -0.2) is 18.6 Å². The Morgan fingerprint density at radius 2 is 2.00 bits per heavy atom. The molecule has 0 atom stereocenters. The predicted molar refractivity (Wildman–Crippen MR) is 75.0 cm³/mol. The summed E-state index contributed by atoms with van der Waals surface area (Å²) in [5.74, 6) is 0.701. The van der Waals surface area contributed by atoms with Crippen LogP contribution in [0.4, 0.5) is 0 Å². The molecule has 0 spiro atoms. The van der Waals surface area contributed by atoms with Crippen LogP contribution in [-0.2, 0) is 5.41 Å². The van der Waals surface area contributed by atoms with Gasteiger partial charge in [0.05, 0.1) is 12.6 Å². The van der Waals surface area contributed by atoms with Crippen molar-refractivity contribution in [2.24, 2.45) is 5.73 Å². The summed E-state index contributed by atoms with van der Waals surface area (Å²) in [5.41, 5.74) is 7.74. The summed E-state index contributed by atoms with van der Waals surface area (Å²) in [6, 6.07) is 10.2. The lowest BCUT2D eigenvalue weighted by Gasteiger charge is -2.26. The molecule has 0 amide bonds. The lowest BCUT2D eigenvalue weighted by Crippen LogP contribution is -2.22. The highest BCUT2D eigenvalue weighted by Crippen LogP contribution is 2.34. The fraction of sp³-hybridized carbons (Fsp3) is 0.400. The van der Waals surface area contributed by atoms with Crippen LogP contribution in [0, 0.1) is 0 Å². The zero-order chi connectivity index (χ0) is 13.2. The molecule has 1 heterocycles. The van der Waals surface area contributed by atoms with Crippen molar-refractivity contribution in [3.8, 4) is 5.88 Å². The molecular weight excluding hydrogens is 224 g/mol. The fourth-order valence-electron chi connectivity index (χ4n) is 2.23. The van der Waals surface area contributed by atoms with Crippen LogP contribution < -0.4 is 10.5 Å². The van der Waals surface area contributed by atoms with Crippen molar-refractivity contribution in [1.82, 2.24) is 4.98 Å². The highest BCUT2D eigenvalue weighted by Gasteiger charge is 2.25. The third kappa shape index (κ3) is 2.31. The molecule has 2 rings (SSSR count). The first-order chi connectivity index (χ1) is 8.58. The minimum absolute atomic E-state index is 0.0306. The van der Waals surface area contributed by atoms with Crippen molar-refractivity contribution < 1.29 is 4.74 Å². The van der Waals surface area contributed by atoms with Gasteiger partial charge in [-0.15, -0.1) is 0 Å². The molecule has 0 fully saturated rings. The average Bonchev–Trinajstić information content (AvgIpc) is 2.37. The highest BCUT2D eigenvalue weighted by molar-refractivity contribution is 5.80. The van der Waals surface area contributed by atoms with E-state index in [1.807, 2.05) is 18.2 Å². The fourth-order valence-corrected chi connectivity index (χ4v) is 2.23. The van der Waals surface area contributed by atoms with Gasteiger partial charge in [0.2, 0.25) is 5.88 Å². The highest BCUT2D eigenvalue weighted by atomic mass is 16.5. The van der Waals surface area contributed by atoms with E-state index in [9.17, 15) is 0 Å². The number of fused-ring (bicyclic) bond motifs is 1.